The van der Waals surface area contributed by atoms with Gasteiger partial charge in [0.05, 0.1) is 16.6 Å². The minimum atomic E-state index is -3.04. The van der Waals surface area contributed by atoms with E-state index >= 15 is 8.78 Å². The number of benzene rings is 1. The lowest BCUT2D eigenvalue weighted by Gasteiger charge is -2.73. The first kappa shape index (κ1) is 18.9. The van der Waals surface area contributed by atoms with Crippen LogP contribution in [0.1, 0.15) is 65.4 Å². The van der Waals surface area contributed by atoms with Gasteiger partial charge >= 0.3 is 7.12 Å². The van der Waals surface area contributed by atoms with E-state index in [2.05, 4.69) is 0 Å². The van der Waals surface area contributed by atoms with Gasteiger partial charge in [0.2, 0.25) is 0 Å². The number of halogens is 4. The van der Waals surface area contributed by atoms with E-state index < -0.39 is 46.7 Å². The maximum Gasteiger partial charge on any atom is 0.464 e. The Morgan fingerprint density at radius 1 is 0.929 bits per heavy atom. The van der Waals surface area contributed by atoms with Gasteiger partial charge in [-0.05, 0) is 65.9 Å². The van der Waals surface area contributed by atoms with Crippen molar-refractivity contribution in [3.05, 3.63) is 35.4 Å². The van der Waals surface area contributed by atoms with Crippen molar-refractivity contribution >= 4 is 7.12 Å². The Bertz CT molecular complexity index is 826. The van der Waals surface area contributed by atoms with Crippen molar-refractivity contribution in [1.29, 1.82) is 0 Å². The summed E-state index contributed by atoms with van der Waals surface area (Å²) in [4.78, 5) is 0. The molecule has 1 aromatic rings. The van der Waals surface area contributed by atoms with E-state index in [1.807, 2.05) is 27.7 Å². The molecule has 0 aromatic heterocycles. The first-order valence-corrected chi connectivity index (χ1v) is 9.99. The van der Waals surface area contributed by atoms with Crippen LogP contribution in [0.4, 0.5) is 17.6 Å². The minimum Gasteiger partial charge on any atom is -0.403 e. The van der Waals surface area contributed by atoms with Gasteiger partial charge in [0, 0.05) is 22.4 Å². The average molecular weight is 396 g/mol. The van der Waals surface area contributed by atoms with Crippen LogP contribution in [0.15, 0.2) is 18.2 Å². The van der Waals surface area contributed by atoms with Gasteiger partial charge in [0.15, 0.2) is 0 Å². The minimum absolute atomic E-state index is 0.0479. The predicted octanol–water partition coefficient (Wildman–Crippen LogP) is 5.65. The van der Waals surface area contributed by atoms with Gasteiger partial charge < -0.3 is 9.31 Å². The first-order chi connectivity index (χ1) is 12.8. The lowest BCUT2D eigenvalue weighted by atomic mass is 9.22. The van der Waals surface area contributed by atoms with Crippen LogP contribution in [0, 0.1) is 17.0 Å². The smallest absolute Gasteiger partial charge is 0.403 e. The van der Waals surface area contributed by atoms with Gasteiger partial charge in [-0.1, -0.05) is 6.07 Å². The summed E-state index contributed by atoms with van der Waals surface area (Å²) < 4.78 is 71.2. The average Bonchev–Trinajstić information content (AvgIpc) is 3.20. The second-order valence-corrected chi connectivity index (χ2v) is 10.5. The normalized spacial score (nSPS) is 36.6. The Hall–Kier alpha value is -1.08. The Kier molecular flexibility index (Phi) is 3.36. The predicted molar refractivity (Wildman–Crippen MR) is 97.3 cm³/mol. The van der Waals surface area contributed by atoms with E-state index in [0.717, 1.165) is 6.07 Å². The van der Waals surface area contributed by atoms with Crippen molar-refractivity contribution in [3.63, 3.8) is 0 Å². The molecule has 1 heterocycles. The fourth-order valence-corrected chi connectivity index (χ4v) is 5.81. The molecule has 1 saturated heterocycles. The lowest BCUT2D eigenvalue weighted by molar-refractivity contribution is -0.278. The number of hydrogen-bond acceptors (Lipinski definition) is 2. The highest BCUT2D eigenvalue weighted by atomic mass is 19.3. The molecular formula is C21H25BF4O2. The third kappa shape index (κ3) is 2.03. The van der Waals surface area contributed by atoms with Crippen LogP contribution in [-0.2, 0) is 14.7 Å². The molecular weight excluding hydrogens is 371 g/mol. The molecule has 0 unspecified atom stereocenters. The molecule has 7 heteroatoms. The Morgan fingerprint density at radius 3 is 1.93 bits per heavy atom. The largest absolute Gasteiger partial charge is 0.464 e. The quantitative estimate of drug-likeness (QED) is 0.484. The molecule has 0 atom stereocenters. The topological polar surface area (TPSA) is 18.5 Å². The Labute approximate surface area is 163 Å². The van der Waals surface area contributed by atoms with Crippen molar-refractivity contribution in [2.24, 2.45) is 5.41 Å². The van der Waals surface area contributed by atoms with E-state index in [-0.39, 0.29) is 23.7 Å². The van der Waals surface area contributed by atoms with Crippen LogP contribution < -0.4 is 0 Å². The van der Waals surface area contributed by atoms with Crippen molar-refractivity contribution in [3.8, 4) is 0 Å². The number of hydrogen-bond donors (Lipinski definition) is 0. The van der Waals surface area contributed by atoms with Crippen LogP contribution in [-0.4, -0.2) is 24.2 Å². The molecule has 4 saturated carbocycles. The molecule has 152 valence electrons. The SMILES string of the molecule is CC1(C)OB(C23CC(C(F)(F)C4(c5ccc(F)cc5F)CC4)(C2)C3)OC1(C)C. The van der Waals surface area contributed by atoms with Crippen molar-refractivity contribution in [1.82, 2.24) is 0 Å². The standard InChI is InChI=1S/C21H25BF4O2/c1-16(2)17(3,4)28-22(27-16)19-10-18(11-19,12-19)21(25,26)20(7-8-20)14-6-5-13(23)9-15(14)24/h5-6,9H,7-8,10-12H2,1-4H3. The maximum absolute atomic E-state index is 15.7. The monoisotopic (exact) mass is 396 g/mol. The van der Waals surface area contributed by atoms with Crippen LogP contribution in [0.3, 0.4) is 0 Å². The van der Waals surface area contributed by atoms with Crippen LogP contribution in [0.2, 0.25) is 5.31 Å². The van der Waals surface area contributed by atoms with Gasteiger partial charge in [0.1, 0.15) is 11.6 Å². The molecule has 2 nitrogen and oxygen atoms in total. The molecule has 0 amide bonds. The summed E-state index contributed by atoms with van der Waals surface area (Å²) in [5.41, 5.74) is -3.66. The zero-order chi connectivity index (χ0) is 20.4. The van der Waals surface area contributed by atoms with E-state index in [1.54, 1.807) is 0 Å². The van der Waals surface area contributed by atoms with Crippen molar-refractivity contribution in [2.45, 2.75) is 87.7 Å². The second kappa shape index (κ2) is 4.97. The van der Waals surface area contributed by atoms with Gasteiger partial charge in [0.25, 0.3) is 5.92 Å². The zero-order valence-electron chi connectivity index (χ0n) is 16.7. The first-order valence-electron chi connectivity index (χ1n) is 9.99. The van der Waals surface area contributed by atoms with Crippen molar-refractivity contribution in [2.75, 3.05) is 0 Å². The summed E-state index contributed by atoms with van der Waals surface area (Å²) in [5, 5.41) is -0.369. The molecule has 2 bridgehead atoms. The third-order valence-corrected chi connectivity index (χ3v) is 8.29. The molecule has 1 aromatic carbocycles. The molecule has 5 fully saturated rings. The lowest BCUT2D eigenvalue weighted by Crippen LogP contribution is -2.72. The second-order valence-electron chi connectivity index (χ2n) is 10.5. The van der Waals surface area contributed by atoms with Gasteiger partial charge in [-0.15, -0.1) is 0 Å². The maximum atomic E-state index is 15.7. The third-order valence-electron chi connectivity index (χ3n) is 8.29. The van der Waals surface area contributed by atoms with E-state index in [9.17, 15) is 8.78 Å². The van der Waals surface area contributed by atoms with Crippen LogP contribution in [0.5, 0.6) is 0 Å². The highest BCUT2D eigenvalue weighted by Gasteiger charge is 2.87. The fourth-order valence-electron chi connectivity index (χ4n) is 5.81. The summed E-state index contributed by atoms with van der Waals surface area (Å²) in [5.74, 6) is -4.65. The van der Waals surface area contributed by atoms with Gasteiger partial charge in [-0.2, -0.15) is 0 Å². The molecule has 0 N–H and O–H groups in total. The highest BCUT2D eigenvalue weighted by Crippen LogP contribution is 2.87. The summed E-state index contributed by atoms with van der Waals surface area (Å²) >= 11 is 0. The van der Waals surface area contributed by atoms with Crippen LogP contribution >= 0.6 is 0 Å². The Morgan fingerprint density at radius 2 is 1.46 bits per heavy atom. The number of rotatable bonds is 4. The molecule has 28 heavy (non-hydrogen) atoms. The van der Waals surface area contributed by atoms with E-state index in [1.165, 1.54) is 6.07 Å². The van der Waals surface area contributed by atoms with Crippen molar-refractivity contribution < 1.29 is 26.9 Å². The van der Waals surface area contributed by atoms with Crippen LogP contribution in [0.25, 0.3) is 0 Å². The molecule has 1 aliphatic heterocycles. The molecule has 4 aliphatic carbocycles. The zero-order valence-corrected chi connectivity index (χ0v) is 16.7. The molecule has 5 aliphatic rings. The highest BCUT2D eigenvalue weighted by molar-refractivity contribution is 6.51. The number of alkyl halides is 2. The van der Waals surface area contributed by atoms with Gasteiger partial charge in [-0.3, -0.25) is 0 Å². The summed E-state index contributed by atoms with van der Waals surface area (Å²) in [6.45, 7) is 7.83. The van der Waals surface area contributed by atoms with E-state index in [4.69, 9.17) is 9.31 Å². The molecule has 0 spiro atoms. The molecule has 6 rings (SSSR count). The Balaban J connectivity index is 1.38. The summed E-state index contributed by atoms with van der Waals surface area (Å²) in [6.07, 6.45) is 1.44. The summed E-state index contributed by atoms with van der Waals surface area (Å²) in [7, 11) is -0.479. The fraction of sp³-hybridized carbons (Fsp3) is 0.714. The van der Waals surface area contributed by atoms with E-state index in [0.29, 0.717) is 25.3 Å². The van der Waals surface area contributed by atoms with Gasteiger partial charge in [-0.25, -0.2) is 17.6 Å². The summed E-state index contributed by atoms with van der Waals surface area (Å²) in [6, 6.07) is 2.98. The molecule has 0 radical (unpaired) electrons.